The lowest BCUT2D eigenvalue weighted by atomic mass is 10.2. The van der Waals surface area contributed by atoms with Gasteiger partial charge in [0, 0.05) is 14.3 Å². The van der Waals surface area contributed by atoms with Crippen molar-refractivity contribution >= 4 is 67.9 Å². The number of carbonyl (C=O) groups is 1. The maximum atomic E-state index is 12.0. The number of nitrogens with one attached hydrogen (secondary N) is 2. The standard InChI is InChI=1S/C23H20BrClIN3O3/c1-31-21-11-16(10-20(24)23(21)32-14-15-2-4-17(25)5-3-15)12-28-29-22(30)13-27-19-8-6-18(26)7-9-19/h2-12,27H,13-14H2,1H3,(H,29,30)/b28-12-. The number of benzene rings is 3. The minimum atomic E-state index is -0.256. The van der Waals surface area contributed by atoms with Crippen molar-refractivity contribution in [3.8, 4) is 11.5 Å². The fourth-order valence-corrected chi connectivity index (χ4v) is 3.72. The van der Waals surface area contributed by atoms with Crippen LogP contribution in [0.5, 0.6) is 11.5 Å². The summed E-state index contributed by atoms with van der Waals surface area (Å²) in [6.45, 7) is 0.478. The second-order valence-electron chi connectivity index (χ2n) is 6.60. The van der Waals surface area contributed by atoms with E-state index in [0.29, 0.717) is 27.6 Å². The number of anilines is 1. The van der Waals surface area contributed by atoms with Crippen LogP contribution in [0.4, 0.5) is 5.69 Å². The molecule has 0 atom stereocenters. The third kappa shape index (κ3) is 7.39. The van der Waals surface area contributed by atoms with Crippen molar-refractivity contribution in [2.75, 3.05) is 19.0 Å². The summed E-state index contributed by atoms with van der Waals surface area (Å²) >= 11 is 11.7. The minimum Gasteiger partial charge on any atom is -0.493 e. The predicted molar refractivity (Wildman–Crippen MR) is 140 cm³/mol. The molecule has 1 amide bonds. The van der Waals surface area contributed by atoms with E-state index in [4.69, 9.17) is 21.1 Å². The first-order valence-electron chi connectivity index (χ1n) is 9.50. The van der Waals surface area contributed by atoms with Gasteiger partial charge in [0.1, 0.15) is 6.61 Å². The molecule has 0 aliphatic carbocycles. The summed E-state index contributed by atoms with van der Waals surface area (Å²) in [7, 11) is 1.57. The highest BCUT2D eigenvalue weighted by atomic mass is 127. The predicted octanol–water partition coefficient (Wildman–Crippen LogP) is 5.86. The Morgan fingerprint density at radius 2 is 1.88 bits per heavy atom. The maximum absolute atomic E-state index is 12.0. The molecule has 0 spiro atoms. The quantitative estimate of drug-likeness (QED) is 0.177. The number of nitrogens with zero attached hydrogens (tertiary/aromatic N) is 1. The van der Waals surface area contributed by atoms with Crippen LogP contribution < -0.4 is 20.2 Å². The second kappa shape index (κ2) is 12.1. The van der Waals surface area contributed by atoms with Gasteiger partial charge in [-0.1, -0.05) is 23.7 Å². The summed E-state index contributed by atoms with van der Waals surface area (Å²) in [5.74, 6) is 0.862. The zero-order chi connectivity index (χ0) is 22.9. The lowest BCUT2D eigenvalue weighted by Crippen LogP contribution is -2.25. The van der Waals surface area contributed by atoms with E-state index < -0.39 is 0 Å². The van der Waals surface area contributed by atoms with E-state index in [1.54, 1.807) is 19.4 Å². The van der Waals surface area contributed by atoms with Crippen LogP contribution in [0.3, 0.4) is 0 Å². The third-order valence-electron chi connectivity index (χ3n) is 4.25. The zero-order valence-corrected chi connectivity index (χ0v) is 21.6. The molecule has 0 aromatic heterocycles. The Kier molecular flexibility index (Phi) is 9.19. The monoisotopic (exact) mass is 627 g/mol. The van der Waals surface area contributed by atoms with E-state index in [-0.39, 0.29) is 12.5 Å². The molecule has 0 heterocycles. The van der Waals surface area contributed by atoms with Gasteiger partial charge in [-0.15, -0.1) is 0 Å². The third-order valence-corrected chi connectivity index (χ3v) is 5.81. The van der Waals surface area contributed by atoms with Gasteiger partial charge in [-0.25, -0.2) is 5.43 Å². The molecule has 0 saturated heterocycles. The number of hydrogen-bond donors (Lipinski definition) is 2. The van der Waals surface area contributed by atoms with E-state index in [1.807, 2.05) is 54.6 Å². The van der Waals surface area contributed by atoms with Crippen LogP contribution in [0, 0.1) is 3.57 Å². The summed E-state index contributed by atoms with van der Waals surface area (Å²) in [4.78, 5) is 12.0. The summed E-state index contributed by atoms with van der Waals surface area (Å²) < 4.78 is 13.2. The molecular weight excluding hydrogens is 609 g/mol. The van der Waals surface area contributed by atoms with Crippen molar-refractivity contribution in [3.05, 3.63) is 84.9 Å². The molecule has 2 N–H and O–H groups in total. The van der Waals surface area contributed by atoms with Crippen molar-refractivity contribution < 1.29 is 14.3 Å². The van der Waals surface area contributed by atoms with E-state index in [9.17, 15) is 4.79 Å². The minimum absolute atomic E-state index is 0.114. The molecule has 3 aromatic rings. The molecule has 0 saturated carbocycles. The van der Waals surface area contributed by atoms with E-state index >= 15 is 0 Å². The molecule has 6 nitrogen and oxygen atoms in total. The highest BCUT2D eigenvalue weighted by molar-refractivity contribution is 14.1. The molecule has 0 aliphatic heterocycles. The van der Waals surface area contributed by atoms with Crippen molar-refractivity contribution in [2.45, 2.75) is 6.61 Å². The van der Waals surface area contributed by atoms with Gasteiger partial charge in [0.05, 0.1) is 24.3 Å². The SMILES string of the molecule is COc1cc(/C=N\NC(=O)CNc2ccc(I)cc2)cc(Br)c1OCc1ccc(Cl)cc1. The lowest BCUT2D eigenvalue weighted by molar-refractivity contribution is -0.119. The number of carbonyl (C=O) groups excluding carboxylic acids is 1. The zero-order valence-electron chi connectivity index (χ0n) is 17.1. The number of hydrazone groups is 1. The first-order chi connectivity index (χ1) is 15.4. The summed E-state index contributed by atoms with van der Waals surface area (Å²) in [5.41, 5.74) is 5.09. The van der Waals surface area contributed by atoms with E-state index in [0.717, 1.165) is 20.4 Å². The van der Waals surface area contributed by atoms with Crippen LogP contribution in [0.25, 0.3) is 0 Å². The highest BCUT2D eigenvalue weighted by Crippen LogP contribution is 2.36. The van der Waals surface area contributed by atoms with Gasteiger partial charge in [-0.3, -0.25) is 4.79 Å². The molecule has 9 heteroatoms. The van der Waals surface area contributed by atoms with Crippen molar-refractivity contribution in [1.82, 2.24) is 5.43 Å². The molecule has 0 radical (unpaired) electrons. The maximum Gasteiger partial charge on any atom is 0.259 e. The Balaban J connectivity index is 1.57. The average molecular weight is 629 g/mol. The van der Waals surface area contributed by atoms with E-state index in [2.05, 4.69) is 54.4 Å². The van der Waals surface area contributed by atoms with Crippen LogP contribution in [0.15, 0.2) is 70.2 Å². The van der Waals surface area contributed by atoms with Gasteiger partial charge in [-0.2, -0.15) is 5.10 Å². The highest BCUT2D eigenvalue weighted by Gasteiger charge is 2.12. The number of amides is 1. The number of ether oxygens (including phenoxy) is 2. The Bertz CT molecular complexity index is 1090. The molecule has 3 rings (SSSR count). The first-order valence-corrected chi connectivity index (χ1v) is 11.8. The van der Waals surface area contributed by atoms with Crippen LogP contribution >= 0.6 is 50.1 Å². The average Bonchev–Trinajstić information content (AvgIpc) is 2.79. The summed E-state index contributed by atoms with van der Waals surface area (Å²) in [6, 6.07) is 18.8. The molecule has 0 unspecified atom stereocenters. The van der Waals surface area contributed by atoms with Crippen LogP contribution in [0.1, 0.15) is 11.1 Å². The normalized spacial score (nSPS) is 10.8. The number of halogens is 3. The summed E-state index contributed by atoms with van der Waals surface area (Å²) in [5, 5.41) is 7.74. The Labute approximate surface area is 213 Å². The van der Waals surface area contributed by atoms with Crippen molar-refractivity contribution in [2.24, 2.45) is 5.10 Å². The van der Waals surface area contributed by atoms with Crippen LogP contribution in [-0.2, 0) is 11.4 Å². The van der Waals surface area contributed by atoms with Crippen molar-refractivity contribution in [3.63, 3.8) is 0 Å². The molecule has 3 aromatic carbocycles. The molecule has 0 bridgehead atoms. The fraction of sp³-hybridized carbons (Fsp3) is 0.130. The Morgan fingerprint density at radius 3 is 2.56 bits per heavy atom. The summed E-state index contributed by atoms with van der Waals surface area (Å²) in [6.07, 6.45) is 1.54. The van der Waals surface area contributed by atoms with Gasteiger partial charge in [0.2, 0.25) is 0 Å². The van der Waals surface area contributed by atoms with Gasteiger partial charge in [0.25, 0.3) is 5.91 Å². The number of hydrogen-bond acceptors (Lipinski definition) is 5. The van der Waals surface area contributed by atoms with Gasteiger partial charge in [0.15, 0.2) is 11.5 Å². The topological polar surface area (TPSA) is 72.0 Å². The number of rotatable bonds is 9. The van der Waals surface area contributed by atoms with E-state index in [1.165, 1.54) is 0 Å². The van der Waals surface area contributed by atoms with Gasteiger partial charge < -0.3 is 14.8 Å². The number of methoxy groups -OCH3 is 1. The Morgan fingerprint density at radius 1 is 1.16 bits per heavy atom. The molecule has 32 heavy (non-hydrogen) atoms. The largest absolute Gasteiger partial charge is 0.493 e. The molecule has 0 fully saturated rings. The molecular formula is C23H20BrClIN3O3. The van der Waals surface area contributed by atoms with Crippen LogP contribution in [0.2, 0.25) is 5.02 Å². The first kappa shape index (κ1) is 24.3. The fourth-order valence-electron chi connectivity index (χ4n) is 2.66. The lowest BCUT2D eigenvalue weighted by Gasteiger charge is -2.13. The van der Waals surface area contributed by atoms with Gasteiger partial charge >= 0.3 is 0 Å². The molecule has 0 aliphatic rings. The smallest absolute Gasteiger partial charge is 0.259 e. The van der Waals surface area contributed by atoms with Gasteiger partial charge in [-0.05, 0) is 98.2 Å². The molecule has 166 valence electrons. The second-order valence-corrected chi connectivity index (χ2v) is 9.14. The Hall–Kier alpha value is -2.30. The van der Waals surface area contributed by atoms with Crippen LogP contribution in [-0.4, -0.2) is 25.8 Å². The van der Waals surface area contributed by atoms with Crippen molar-refractivity contribution in [1.29, 1.82) is 0 Å².